The van der Waals surface area contributed by atoms with E-state index in [9.17, 15) is 13.5 Å². The number of phenolic OH excluding ortho intramolecular Hbond substituents is 1. The molecule has 0 aromatic heterocycles. The van der Waals surface area contributed by atoms with Crippen molar-refractivity contribution in [3.63, 3.8) is 0 Å². The van der Waals surface area contributed by atoms with Crippen LogP contribution in [0.2, 0.25) is 0 Å². The van der Waals surface area contributed by atoms with E-state index in [0.717, 1.165) is 0 Å². The van der Waals surface area contributed by atoms with E-state index in [1.807, 2.05) is 13.8 Å². The predicted molar refractivity (Wildman–Crippen MR) is 65.0 cm³/mol. The van der Waals surface area contributed by atoms with Crippen molar-refractivity contribution in [3.05, 3.63) is 24.3 Å². The number of phenols is 1. The lowest BCUT2D eigenvalue weighted by Gasteiger charge is -2.09. The first-order valence-electron chi connectivity index (χ1n) is 5.18. The van der Waals surface area contributed by atoms with Gasteiger partial charge >= 0.3 is 0 Å². The second-order valence-electron chi connectivity index (χ2n) is 4.15. The van der Waals surface area contributed by atoms with E-state index in [1.54, 1.807) is 12.1 Å². The third kappa shape index (κ3) is 4.53. The van der Waals surface area contributed by atoms with Crippen LogP contribution in [0.4, 0.5) is 5.69 Å². The lowest BCUT2D eigenvalue weighted by Crippen LogP contribution is -2.17. The second kappa shape index (κ2) is 5.21. The Balaban J connectivity index is 2.66. The molecule has 0 spiro atoms. The third-order valence-corrected chi connectivity index (χ3v) is 3.40. The van der Waals surface area contributed by atoms with Crippen LogP contribution in [0, 0.1) is 5.92 Å². The molecule has 4 nitrogen and oxygen atoms in total. The van der Waals surface area contributed by atoms with Crippen LogP contribution in [0.15, 0.2) is 24.3 Å². The number of benzene rings is 1. The highest BCUT2D eigenvalue weighted by Gasteiger charge is 2.11. The van der Waals surface area contributed by atoms with E-state index in [0.29, 0.717) is 18.0 Å². The van der Waals surface area contributed by atoms with Crippen molar-refractivity contribution in [3.8, 4) is 5.75 Å². The molecule has 2 N–H and O–H groups in total. The highest BCUT2D eigenvalue weighted by Crippen LogP contribution is 2.17. The summed E-state index contributed by atoms with van der Waals surface area (Å²) in [6.07, 6.45) is 0.619. The summed E-state index contributed by atoms with van der Waals surface area (Å²) in [5, 5.41) is 9.19. The van der Waals surface area contributed by atoms with E-state index >= 15 is 0 Å². The summed E-state index contributed by atoms with van der Waals surface area (Å²) >= 11 is 0. The minimum atomic E-state index is -3.31. The number of rotatable bonds is 5. The molecule has 0 radical (unpaired) electrons. The van der Waals surface area contributed by atoms with Gasteiger partial charge in [-0.3, -0.25) is 4.72 Å². The zero-order valence-corrected chi connectivity index (χ0v) is 10.3. The molecule has 0 bridgehead atoms. The maximum Gasteiger partial charge on any atom is 0.232 e. The van der Waals surface area contributed by atoms with E-state index in [-0.39, 0.29) is 11.5 Å². The summed E-state index contributed by atoms with van der Waals surface area (Å²) in [4.78, 5) is 0. The first-order valence-corrected chi connectivity index (χ1v) is 6.84. The Morgan fingerprint density at radius 1 is 1.38 bits per heavy atom. The molecule has 90 valence electrons. The van der Waals surface area contributed by atoms with Crippen molar-refractivity contribution >= 4 is 15.7 Å². The minimum absolute atomic E-state index is 0.0454. The molecule has 1 aromatic rings. The Labute approximate surface area is 96.4 Å². The number of nitrogens with one attached hydrogen (secondary N) is 1. The average Bonchev–Trinajstić information content (AvgIpc) is 2.14. The van der Waals surface area contributed by atoms with Crippen molar-refractivity contribution in [2.45, 2.75) is 20.3 Å². The number of hydrogen-bond acceptors (Lipinski definition) is 3. The van der Waals surface area contributed by atoms with Gasteiger partial charge in [0.1, 0.15) is 5.75 Å². The van der Waals surface area contributed by atoms with Gasteiger partial charge in [0.05, 0.1) is 11.4 Å². The molecular formula is C11H17NO3S. The molecule has 5 heteroatoms. The molecule has 0 heterocycles. The van der Waals surface area contributed by atoms with Crippen LogP contribution in [0.25, 0.3) is 0 Å². The zero-order chi connectivity index (χ0) is 12.2. The third-order valence-electron chi connectivity index (χ3n) is 2.08. The predicted octanol–water partition coefficient (Wildman–Crippen LogP) is 2.18. The van der Waals surface area contributed by atoms with Crippen molar-refractivity contribution in [1.82, 2.24) is 0 Å². The molecule has 1 aromatic carbocycles. The molecule has 16 heavy (non-hydrogen) atoms. The molecule has 0 atom stereocenters. The van der Waals surface area contributed by atoms with Gasteiger partial charge < -0.3 is 5.11 Å². The summed E-state index contributed by atoms with van der Waals surface area (Å²) in [6.45, 7) is 3.95. The Morgan fingerprint density at radius 2 is 2.06 bits per heavy atom. The van der Waals surface area contributed by atoms with Gasteiger partial charge in [0, 0.05) is 6.07 Å². The fraction of sp³-hybridized carbons (Fsp3) is 0.455. The van der Waals surface area contributed by atoms with Gasteiger partial charge in [-0.1, -0.05) is 19.9 Å². The lowest BCUT2D eigenvalue weighted by molar-refractivity contribution is 0.475. The Hall–Kier alpha value is -1.23. The van der Waals surface area contributed by atoms with Crippen LogP contribution < -0.4 is 4.72 Å². The van der Waals surface area contributed by atoms with E-state index < -0.39 is 10.0 Å². The fourth-order valence-corrected chi connectivity index (χ4v) is 2.56. The summed E-state index contributed by atoms with van der Waals surface area (Å²) in [5.74, 6) is 0.491. The molecule has 1 rings (SSSR count). The number of sulfonamides is 1. The van der Waals surface area contributed by atoms with Crippen LogP contribution >= 0.6 is 0 Å². The first kappa shape index (κ1) is 12.8. The van der Waals surface area contributed by atoms with E-state index in [4.69, 9.17) is 0 Å². The van der Waals surface area contributed by atoms with Gasteiger partial charge in [-0.2, -0.15) is 0 Å². The highest BCUT2D eigenvalue weighted by atomic mass is 32.2. The first-order chi connectivity index (χ1) is 7.39. The topological polar surface area (TPSA) is 66.4 Å². The van der Waals surface area contributed by atoms with Gasteiger partial charge in [0.25, 0.3) is 0 Å². The fourth-order valence-electron chi connectivity index (χ4n) is 1.19. The molecule has 0 saturated carbocycles. The normalized spacial score (nSPS) is 11.7. The van der Waals surface area contributed by atoms with Crippen LogP contribution in [0.5, 0.6) is 5.75 Å². The van der Waals surface area contributed by atoms with E-state index in [1.165, 1.54) is 12.1 Å². The van der Waals surface area contributed by atoms with Crippen LogP contribution in [0.3, 0.4) is 0 Å². The number of anilines is 1. The maximum absolute atomic E-state index is 11.6. The second-order valence-corrected chi connectivity index (χ2v) is 6.00. The average molecular weight is 243 g/mol. The summed E-state index contributed by atoms with van der Waals surface area (Å²) < 4.78 is 25.7. The van der Waals surface area contributed by atoms with Gasteiger partial charge in [-0.15, -0.1) is 0 Å². The summed E-state index contributed by atoms with van der Waals surface area (Å²) in [5.41, 5.74) is 0.392. The molecule has 0 fully saturated rings. The standard InChI is InChI=1S/C11H17NO3S/c1-9(2)6-7-16(14,15)12-10-4-3-5-11(13)8-10/h3-5,8-9,12-13H,6-7H2,1-2H3. The smallest absolute Gasteiger partial charge is 0.232 e. The van der Waals surface area contributed by atoms with Gasteiger partial charge in [0.2, 0.25) is 10.0 Å². The lowest BCUT2D eigenvalue weighted by atomic mass is 10.2. The molecule has 0 unspecified atom stereocenters. The molecule has 0 amide bonds. The van der Waals surface area contributed by atoms with Crippen molar-refractivity contribution in [2.75, 3.05) is 10.5 Å². The quantitative estimate of drug-likeness (QED) is 0.833. The zero-order valence-electron chi connectivity index (χ0n) is 9.47. The highest BCUT2D eigenvalue weighted by molar-refractivity contribution is 7.92. The molecule has 0 aliphatic heterocycles. The van der Waals surface area contributed by atoms with E-state index in [2.05, 4.69) is 4.72 Å². The Morgan fingerprint density at radius 3 is 2.62 bits per heavy atom. The Kier molecular flexibility index (Phi) is 4.18. The summed E-state index contributed by atoms with van der Waals surface area (Å²) in [7, 11) is -3.31. The van der Waals surface area contributed by atoms with Gasteiger partial charge in [-0.25, -0.2) is 8.42 Å². The largest absolute Gasteiger partial charge is 0.508 e. The number of hydrogen-bond donors (Lipinski definition) is 2. The Bertz CT molecular complexity index is 440. The molecular weight excluding hydrogens is 226 g/mol. The molecule has 0 aliphatic carbocycles. The van der Waals surface area contributed by atoms with Crippen LogP contribution in [0.1, 0.15) is 20.3 Å². The van der Waals surface area contributed by atoms with Gasteiger partial charge in [0.15, 0.2) is 0 Å². The van der Waals surface area contributed by atoms with Crippen LogP contribution in [-0.2, 0) is 10.0 Å². The van der Waals surface area contributed by atoms with Crippen molar-refractivity contribution in [1.29, 1.82) is 0 Å². The summed E-state index contributed by atoms with van der Waals surface area (Å²) in [6, 6.07) is 6.07. The maximum atomic E-state index is 11.6. The van der Waals surface area contributed by atoms with Crippen LogP contribution in [-0.4, -0.2) is 19.3 Å². The SMILES string of the molecule is CC(C)CCS(=O)(=O)Nc1cccc(O)c1. The minimum Gasteiger partial charge on any atom is -0.508 e. The molecule has 0 aliphatic rings. The monoisotopic (exact) mass is 243 g/mol. The molecule has 0 saturated heterocycles. The number of aromatic hydroxyl groups is 1. The van der Waals surface area contributed by atoms with Gasteiger partial charge in [-0.05, 0) is 24.5 Å². The van der Waals surface area contributed by atoms with Crippen molar-refractivity contribution < 1.29 is 13.5 Å². The van der Waals surface area contributed by atoms with Crippen molar-refractivity contribution in [2.24, 2.45) is 5.92 Å².